The number of hydrogen-bond acceptors (Lipinski definition) is 3. The van der Waals surface area contributed by atoms with Crippen LogP contribution >= 0.6 is 11.6 Å². The van der Waals surface area contributed by atoms with Crippen molar-refractivity contribution in [2.45, 2.75) is 19.4 Å². The number of sulfone groups is 1. The lowest BCUT2D eigenvalue weighted by atomic mass is 10.1. The maximum Gasteiger partial charge on any atom is 0.258 e. The third-order valence-electron chi connectivity index (χ3n) is 4.16. The molecule has 1 fully saturated rings. The van der Waals surface area contributed by atoms with Crippen molar-refractivity contribution in [2.75, 3.05) is 16.4 Å². The molecule has 0 saturated carbocycles. The van der Waals surface area contributed by atoms with E-state index < -0.39 is 9.84 Å². The molecule has 1 unspecified atom stereocenters. The molecular formula is C18H18ClNO3S. The van der Waals surface area contributed by atoms with E-state index in [0.29, 0.717) is 17.0 Å². The Bertz CT molecular complexity index is 862. The molecular weight excluding hydrogens is 346 g/mol. The molecule has 2 aromatic carbocycles. The first kappa shape index (κ1) is 17.0. The maximum atomic E-state index is 13.1. The van der Waals surface area contributed by atoms with Crippen LogP contribution in [-0.4, -0.2) is 31.9 Å². The number of halogens is 1. The number of amides is 1. The molecule has 6 heteroatoms. The minimum absolute atomic E-state index is 0.000269. The SMILES string of the molecule is Cc1cccc(N(C(=O)c2ccc(Cl)cc2)C2CCS(=O)(=O)C2)c1. The molecule has 2 aromatic rings. The molecule has 1 heterocycles. The Labute approximate surface area is 147 Å². The predicted octanol–water partition coefficient (Wildman–Crippen LogP) is 3.48. The monoisotopic (exact) mass is 363 g/mol. The quantitative estimate of drug-likeness (QED) is 0.838. The summed E-state index contributed by atoms with van der Waals surface area (Å²) in [6, 6.07) is 13.9. The molecule has 24 heavy (non-hydrogen) atoms. The van der Waals surface area contributed by atoms with E-state index in [-0.39, 0.29) is 23.5 Å². The van der Waals surface area contributed by atoms with Crippen LogP contribution in [0.3, 0.4) is 0 Å². The van der Waals surface area contributed by atoms with Gasteiger partial charge >= 0.3 is 0 Å². The van der Waals surface area contributed by atoms with Gasteiger partial charge in [0.25, 0.3) is 5.91 Å². The highest BCUT2D eigenvalue weighted by molar-refractivity contribution is 7.91. The third-order valence-corrected chi connectivity index (χ3v) is 6.17. The average Bonchev–Trinajstić information content (AvgIpc) is 2.88. The molecule has 1 amide bonds. The summed E-state index contributed by atoms with van der Waals surface area (Å²) < 4.78 is 23.8. The van der Waals surface area contributed by atoms with Gasteiger partial charge in [-0.15, -0.1) is 0 Å². The molecule has 1 aliphatic heterocycles. The van der Waals surface area contributed by atoms with Gasteiger partial charge in [0.05, 0.1) is 17.5 Å². The molecule has 1 aliphatic rings. The van der Waals surface area contributed by atoms with Crippen molar-refractivity contribution in [3.8, 4) is 0 Å². The van der Waals surface area contributed by atoms with Crippen molar-refractivity contribution in [3.63, 3.8) is 0 Å². The molecule has 0 N–H and O–H groups in total. The number of hydrogen-bond donors (Lipinski definition) is 0. The van der Waals surface area contributed by atoms with Crippen molar-refractivity contribution in [1.29, 1.82) is 0 Å². The van der Waals surface area contributed by atoms with Crippen LogP contribution in [0.1, 0.15) is 22.3 Å². The van der Waals surface area contributed by atoms with Crippen LogP contribution in [0.5, 0.6) is 0 Å². The lowest BCUT2D eigenvalue weighted by molar-refractivity contribution is 0.0979. The Morgan fingerprint density at radius 2 is 1.88 bits per heavy atom. The Hall–Kier alpha value is -1.85. The fourth-order valence-electron chi connectivity index (χ4n) is 2.98. The molecule has 3 rings (SSSR count). The fourth-order valence-corrected chi connectivity index (χ4v) is 4.81. The minimum atomic E-state index is -3.10. The Morgan fingerprint density at radius 1 is 1.17 bits per heavy atom. The average molecular weight is 364 g/mol. The van der Waals surface area contributed by atoms with Gasteiger partial charge in [-0.2, -0.15) is 0 Å². The van der Waals surface area contributed by atoms with Crippen LogP contribution in [0.2, 0.25) is 5.02 Å². The second kappa shape index (κ2) is 6.57. The summed E-state index contributed by atoms with van der Waals surface area (Å²) in [5.41, 5.74) is 2.23. The molecule has 0 aromatic heterocycles. The van der Waals surface area contributed by atoms with Crippen molar-refractivity contribution >= 4 is 33.0 Å². The molecule has 0 bridgehead atoms. The highest BCUT2D eigenvalue weighted by Gasteiger charge is 2.35. The van der Waals surface area contributed by atoms with Gasteiger partial charge in [-0.25, -0.2) is 8.42 Å². The van der Waals surface area contributed by atoms with Crippen molar-refractivity contribution in [1.82, 2.24) is 0 Å². The number of aryl methyl sites for hydroxylation is 1. The largest absolute Gasteiger partial charge is 0.304 e. The van der Waals surface area contributed by atoms with Crippen LogP contribution in [0.4, 0.5) is 5.69 Å². The number of nitrogens with zero attached hydrogens (tertiary/aromatic N) is 1. The van der Waals surface area contributed by atoms with E-state index in [1.165, 1.54) is 0 Å². The first-order valence-electron chi connectivity index (χ1n) is 7.72. The van der Waals surface area contributed by atoms with E-state index in [0.717, 1.165) is 11.3 Å². The van der Waals surface area contributed by atoms with Gasteiger partial charge in [-0.05, 0) is 55.3 Å². The lowest BCUT2D eigenvalue weighted by Crippen LogP contribution is -2.41. The van der Waals surface area contributed by atoms with E-state index in [9.17, 15) is 13.2 Å². The summed E-state index contributed by atoms with van der Waals surface area (Å²) in [6.45, 7) is 1.94. The van der Waals surface area contributed by atoms with E-state index in [4.69, 9.17) is 11.6 Å². The second-order valence-corrected chi connectivity index (χ2v) is 8.74. The van der Waals surface area contributed by atoms with Gasteiger partial charge in [0.15, 0.2) is 9.84 Å². The van der Waals surface area contributed by atoms with Gasteiger partial charge in [-0.3, -0.25) is 4.79 Å². The smallest absolute Gasteiger partial charge is 0.258 e. The zero-order chi connectivity index (χ0) is 17.3. The molecule has 1 atom stereocenters. The normalized spacial score (nSPS) is 19.2. The molecule has 1 saturated heterocycles. The molecule has 0 spiro atoms. The van der Waals surface area contributed by atoms with Crippen LogP contribution in [0.25, 0.3) is 0 Å². The number of rotatable bonds is 3. The zero-order valence-corrected chi connectivity index (χ0v) is 14.8. The van der Waals surface area contributed by atoms with Gasteiger partial charge in [0.2, 0.25) is 0 Å². The Morgan fingerprint density at radius 3 is 2.46 bits per heavy atom. The first-order valence-corrected chi connectivity index (χ1v) is 9.92. The van der Waals surface area contributed by atoms with E-state index in [1.54, 1.807) is 29.2 Å². The van der Waals surface area contributed by atoms with Crippen molar-refractivity contribution < 1.29 is 13.2 Å². The maximum absolute atomic E-state index is 13.1. The number of carbonyl (C=O) groups is 1. The second-order valence-electron chi connectivity index (χ2n) is 6.08. The summed E-state index contributed by atoms with van der Waals surface area (Å²) in [6.07, 6.45) is 0.454. The topological polar surface area (TPSA) is 54.5 Å². The standard InChI is InChI=1S/C18H18ClNO3S/c1-13-3-2-4-16(11-13)20(17-9-10-24(22,23)12-17)18(21)14-5-7-15(19)8-6-14/h2-8,11,17H,9-10,12H2,1H3. The predicted molar refractivity (Wildman–Crippen MR) is 96.5 cm³/mol. The minimum Gasteiger partial charge on any atom is -0.304 e. The zero-order valence-electron chi connectivity index (χ0n) is 13.3. The van der Waals surface area contributed by atoms with Gasteiger partial charge in [-0.1, -0.05) is 23.7 Å². The highest BCUT2D eigenvalue weighted by atomic mass is 35.5. The van der Waals surface area contributed by atoms with Gasteiger partial charge in [0, 0.05) is 16.3 Å². The molecule has 0 radical (unpaired) electrons. The van der Waals surface area contributed by atoms with Crippen molar-refractivity contribution in [3.05, 3.63) is 64.7 Å². The van der Waals surface area contributed by atoms with Crippen LogP contribution in [0, 0.1) is 6.92 Å². The Kier molecular flexibility index (Phi) is 4.65. The summed E-state index contributed by atoms with van der Waals surface area (Å²) in [7, 11) is -3.10. The van der Waals surface area contributed by atoms with Gasteiger partial charge < -0.3 is 4.90 Å². The van der Waals surface area contributed by atoms with Gasteiger partial charge in [0.1, 0.15) is 0 Å². The van der Waals surface area contributed by atoms with Crippen LogP contribution in [-0.2, 0) is 9.84 Å². The summed E-state index contributed by atoms with van der Waals surface area (Å²) in [5.74, 6) is -0.0897. The molecule has 4 nitrogen and oxygen atoms in total. The lowest BCUT2D eigenvalue weighted by Gasteiger charge is -2.29. The van der Waals surface area contributed by atoms with Crippen LogP contribution < -0.4 is 4.90 Å². The number of carbonyl (C=O) groups excluding carboxylic acids is 1. The summed E-state index contributed by atoms with van der Waals surface area (Å²) in [5, 5.41) is 0.553. The molecule has 126 valence electrons. The number of benzene rings is 2. The first-order chi connectivity index (χ1) is 11.4. The third kappa shape index (κ3) is 3.62. The Balaban J connectivity index is 2.01. The highest BCUT2D eigenvalue weighted by Crippen LogP contribution is 2.27. The fraction of sp³-hybridized carbons (Fsp3) is 0.278. The molecule has 0 aliphatic carbocycles. The van der Waals surface area contributed by atoms with E-state index in [2.05, 4.69) is 0 Å². The van der Waals surface area contributed by atoms with E-state index >= 15 is 0 Å². The number of anilines is 1. The summed E-state index contributed by atoms with van der Waals surface area (Å²) in [4.78, 5) is 14.7. The van der Waals surface area contributed by atoms with Crippen LogP contribution in [0.15, 0.2) is 48.5 Å². The van der Waals surface area contributed by atoms with Crippen molar-refractivity contribution in [2.24, 2.45) is 0 Å². The van der Waals surface area contributed by atoms with E-state index in [1.807, 2.05) is 31.2 Å². The summed E-state index contributed by atoms with van der Waals surface area (Å²) >= 11 is 5.89.